The summed E-state index contributed by atoms with van der Waals surface area (Å²) in [5, 5.41) is 3.21. The van der Waals surface area contributed by atoms with Crippen LogP contribution in [0.25, 0.3) is 0 Å². The molecule has 0 fully saturated rings. The van der Waals surface area contributed by atoms with Crippen molar-refractivity contribution in [3.05, 3.63) is 64.6 Å². The first-order valence-electron chi connectivity index (χ1n) is 7.00. The lowest BCUT2D eigenvalue weighted by molar-refractivity contribution is 0.603. The van der Waals surface area contributed by atoms with Gasteiger partial charge in [-0.1, -0.05) is 23.7 Å². The Hall–Kier alpha value is -2.09. The molecule has 3 rings (SSSR count). The third-order valence-corrected chi connectivity index (χ3v) is 6.20. The number of anilines is 3. The predicted octanol–water partition coefficient (Wildman–Crippen LogP) is 4.65. The highest BCUT2D eigenvalue weighted by Crippen LogP contribution is 2.27. The van der Waals surface area contributed by atoms with E-state index in [1.54, 1.807) is 24.4 Å². The molecule has 0 aliphatic carbocycles. The third-order valence-electron chi connectivity index (χ3n) is 3.12. The number of halogens is 1. The minimum absolute atomic E-state index is 0.149. The zero-order chi connectivity index (χ0) is 17.2. The van der Waals surface area contributed by atoms with Crippen molar-refractivity contribution < 1.29 is 8.42 Å². The van der Waals surface area contributed by atoms with E-state index in [-0.39, 0.29) is 10.0 Å². The molecule has 0 radical (unpaired) electrons. The molecule has 0 amide bonds. The normalized spacial score (nSPS) is 11.2. The molecule has 0 bridgehead atoms. The summed E-state index contributed by atoms with van der Waals surface area (Å²) < 4.78 is 27.4. The Morgan fingerprint density at radius 2 is 1.92 bits per heavy atom. The van der Waals surface area contributed by atoms with Crippen LogP contribution in [0, 0.1) is 6.92 Å². The van der Waals surface area contributed by atoms with Crippen LogP contribution in [0.5, 0.6) is 0 Å². The molecule has 1 aromatic carbocycles. The zero-order valence-electron chi connectivity index (χ0n) is 12.7. The van der Waals surface area contributed by atoms with E-state index in [9.17, 15) is 8.42 Å². The molecule has 8 heteroatoms. The Balaban J connectivity index is 1.73. The van der Waals surface area contributed by atoms with E-state index in [0.29, 0.717) is 4.34 Å². The van der Waals surface area contributed by atoms with Crippen LogP contribution in [0.2, 0.25) is 4.34 Å². The number of thiophene rings is 1. The van der Waals surface area contributed by atoms with E-state index in [1.165, 1.54) is 6.07 Å². The fourth-order valence-corrected chi connectivity index (χ4v) is 4.54. The highest BCUT2D eigenvalue weighted by molar-refractivity contribution is 7.94. The SMILES string of the molecule is Cc1cccc(Nc2ccc(NS(=O)(=O)c3ccc(Cl)s3)nc2)c1. The number of hydrogen-bond donors (Lipinski definition) is 2. The maximum absolute atomic E-state index is 12.2. The molecule has 0 spiro atoms. The van der Waals surface area contributed by atoms with Crippen LogP contribution in [0.3, 0.4) is 0 Å². The van der Waals surface area contributed by atoms with Gasteiger partial charge in [0.15, 0.2) is 0 Å². The molecular formula is C16H14ClN3O2S2. The van der Waals surface area contributed by atoms with E-state index < -0.39 is 10.0 Å². The molecule has 2 N–H and O–H groups in total. The molecular weight excluding hydrogens is 366 g/mol. The lowest BCUT2D eigenvalue weighted by Gasteiger charge is -2.09. The number of nitrogens with zero attached hydrogens (tertiary/aromatic N) is 1. The molecule has 24 heavy (non-hydrogen) atoms. The van der Waals surface area contributed by atoms with Crippen LogP contribution < -0.4 is 10.0 Å². The third kappa shape index (κ3) is 4.05. The maximum Gasteiger partial charge on any atom is 0.272 e. The molecule has 5 nitrogen and oxygen atoms in total. The fourth-order valence-electron chi connectivity index (χ4n) is 2.05. The summed E-state index contributed by atoms with van der Waals surface area (Å²) in [6.45, 7) is 2.01. The van der Waals surface area contributed by atoms with Crippen molar-refractivity contribution in [2.24, 2.45) is 0 Å². The standard InChI is InChI=1S/C16H14ClN3O2S2/c1-11-3-2-4-12(9-11)19-13-5-7-15(18-10-13)20-24(21,22)16-8-6-14(17)23-16/h2-10,19H,1H3,(H,18,20). The average molecular weight is 380 g/mol. The number of benzene rings is 1. The number of hydrogen-bond acceptors (Lipinski definition) is 5. The van der Waals surface area contributed by atoms with Gasteiger partial charge >= 0.3 is 0 Å². The second-order valence-corrected chi connectivity index (χ2v) is 8.71. The van der Waals surface area contributed by atoms with Gasteiger partial charge in [-0.15, -0.1) is 11.3 Å². The topological polar surface area (TPSA) is 71.1 Å². The minimum atomic E-state index is -3.67. The van der Waals surface area contributed by atoms with Gasteiger partial charge < -0.3 is 5.32 Å². The lowest BCUT2D eigenvalue weighted by atomic mass is 10.2. The van der Waals surface area contributed by atoms with Crippen molar-refractivity contribution in [2.45, 2.75) is 11.1 Å². The van der Waals surface area contributed by atoms with Crippen LogP contribution in [-0.2, 0) is 10.0 Å². The Morgan fingerprint density at radius 1 is 1.08 bits per heavy atom. The van der Waals surface area contributed by atoms with Gasteiger partial charge in [0.2, 0.25) is 0 Å². The van der Waals surface area contributed by atoms with Gasteiger partial charge in [-0.2, -0.15) is 0 Å². The lowest BCUT2D eigenvalue weighted by Crippen LogP contribution is -2.12. The number of sulfonamides is 1. The van der Waals surface area contributed by atoms with Crippen molar-refractivity contribution >= 4 is 50.2 Å². The average Bonchev–Trinajstić information content (AvgIpc) is 2.97. The highest BCUT2D eigenvalue weighted by atomic mass is 35.5. The van der Waals surface area contributed by atoms with Crippen LogP contribution >= 0.6 is 22.9 Å². The summed E-state index contributed by atoms with van der Waals surface area (Å²) in [7, 11) is -3.67. The van der Waals surface area contributed by atoms with E-state index in [1.807, 2.05) is 31.2 Å². The van der Waals surface area contributed by atoms with E-state index in [4.69, 9.17) is 11.6 Å². The highest BCUT2D eigenvalue weighted by Gasteiger charge is 2.17. The van der Waals surface area contributed by atoms with Crippen LogP contribution in [0.15, 0.2) is 58.9 Å². The van der Waals surface area contributed by atoms with Gasteiger partial charge in [-0.25, -0.2) is 13.4 Å². The van der Waals surface area contributed by atoms with Gasteiger partial charge in [0.1, 0.15) is 10.0 Å². The predicted molar refractivity (Wildman–Crippen MR) is 98.8 cm³/mol. The molecule has 2 heterocycles. The van der Waals surface area contributed by atoms with Gasteiger partial charge in [0.05, 0.1) is 16.2 Å². The van der Waals surface area contributed by atoms with E-state index in [0.717, 1.165) is 28.3 Å². The number of nitrogens with one attached hydrogen (secondary N) is 2. The summed E-state index contributed by atoms with van der Waals surface area (Å²) >= 11 is 6.78. The second kappa shape index (κ2) is 6.80. The van der Waals surface area contributed by atoms with Crippen molar-refractivity contribution in [3.63, 3.8) is 0 Å². The van der Waals surface area contributed by atoms with Crippen LogP contribution in [-0.4, -0.2) is 13.4 Å². The summed E-state index contributed by atoms with van der Waals surface area (Å²) in [5.41, 5.74) is 2.85. The van der Waals surface area contributed by atoms with Crippen molar-refractivity contribution in [2.75, 3.05) is 10.0 Å². The molecule has 124 valence electrons. The molecule has 0 unspecified atom stereocenters. The molecule has 2 aromatic heterocycles. The van der Waals surface area contributed by atoms with Crippen molar-refractivity contribution in [1.82, 2.24) is 4.98 Å². The zero-order valence-corrected chi connectivity index (χ0v) is 15.0. The number of aryl methyl sites for hydroxylation is 1. The number of aromatic nitrogens is 1. The van der Waals surface area contributed by atoms with Gasteiger partial charge in [0, 0.05) is 5.69 Å². The van der Waals surface area contributed by atoms with Gasteiger partial charge in [-0.05, 0) is 48.9 Å². The van der Waals surface area contributed by atoms with E-state index in [2.05, 4.69) is 15.0 Å². The molecule has 0 aliphatic rings. The van der Waals surface area contributed by atoms with Crippen molar-refractivity contribution in [3.8, 4) is 0 Å². The Bertz CT molecular complexity index is 953. The molecule has 0 aliphatic heterocycles. The summed E-state index contributed by atoms with van der Waals surface area (Å²) in [5.74, 6) is 0.245. The fraction of sp³-hybridized carbons (Fsp3) is 0.0625. The second-order valence-electron chi connectivity index (χ2n) is 5.09. The van der Waals surface area contributed by atoms with E-state index >= 15 is 0 Å². The first-order valence-corrected chi connectivity index (χ1v) is 9.68. The quantitative estimate of drug-likeness (QED) is 0.676. The summed E-state index contributed by atoms with van der Waals surface area (Å²) in [6.07, 6.45) is 1.57. The Kier molecular flexibility index (Phi) is 4.75. The largest absolute Gasteiger partial charge is 0.354 e. The monoisotopic (exact) mass is 379 g/mol. The Labute approximate surface area is 149 Å². The molecule has 3 aromatic rings. The first kappa shape index (κ1) is 16.8. The summed E-state index contributed by atoms with van der Waals surface area (Å²) in [6, 6.07) is 14.3. The van der Waals surface area contributed by atoms with Gasteiger partial charge in [-0.3, -0.25) is 4.72 Å². The summed E-state index contributed by atoms with van der Waals surface area (Å²) in [4.78, 5) is 4.13. The first-order chi connectivity index (χ1) is 11.4. The number of rotatable bonds is 5. The van der Waals surface area contributed by atoms with Crippen molar-refractivity contribution in [1.29, 1.82) is 0 Å². The Morgan fingerprint density at radius 3 is 2.54 bits per heavy atom. The van der Waals surface area contributed by atoms with Gasteiger partial charge in [0.25, 0.3) is 10.0 Å². The molecule has 0 atom stereocenters. The molecule has 0 saturated heterocycles. The minimum Gasteiger partial charge on any atom is -0.354 e. The number of pyridine rings is 1. The molecule has 0 saturated carbocycles. The van der Waals surface area contributed by atoms with Crippen LogP contribution in [0.4, 0.5) is 17.2 Å². The maximum atomic E-state index is 12.2. The smallest absolute Gasteiger partial charge is 0.272 e. The van der Waals surface area contributed by atoms with Crippen LogP contribution in [0.1, 0.15) is 5.56 Å².